The van der Waals surface area contributed by atoms with Gasteiger partial charge in [0.15, 0.2) is 0 Å². The number of para-hydroxylation sites is 1. The summed E-state index contributed by atoms with van der Waals surface area (Å²) in [7, 11) is 0. The lowest BCUT2D eigenvalue weighted by Crippen LogP contribution is -2.43. The lowest BCUT2D eigenvalue weighted by atomic mass is 9.84. The third-order valence-electron chi connectivity index (χ3n) is 3.95. The van der Waals surface area contributed by atoms with Gasteiger partial charge < -0.3 is 9.88 Å². The number of carbonyl (C=O) groups excluding carboxylic acids is 1. The third-order valence-corrected chi connectivity index (χ3v) is 3.95. The van der Waals surface area contributed by atoms with Crippen LogP contribution < -0.4 is 0 Å². The molecule has 0 unspecified atom stereocenters. The Balaban J connectivity index is 1.87. The number of piperidine rings is 1. The maximum absolute atomic E-state index is 12.6. The number of fused-ring (bicyclic) bond motifs is 1. The van der Waals surface area contributed by atoms with Gasteiger partial charge in [0.1, 0.15) is 5.69 Å². The van der Waals surface area contributed by atoms with E-state index in [1.54, 1.807) is 0 Å². The smallest absolute Gasteiger partial charge is 0.270 e. The largest absolute Gasteiger partial charge is 0.351 e. The van der Waals surface area contributed by atoms with Gasteiger partial charge in [0.2, 0.25) is 0 Å². The number of H-pyrrole nitrogens is 1. The zero-order valence-corrected chi connectivity index (χ0v) is 11.6. The molecular formula is C16H20N2O. The van der Waals surface area contributed by atoms with Crippen LogP contribution in [0.4, 0.5) is 0 Å². The predicted molar refractivity (Wildman–Crippen MR) is 77.2 cm³/mol. The van der Waals surface area contributed by atoms with Gasteiger partial charge in [0.25, 0.3) is 5.91 Å². The second kappa shape index (κ2) is 4.41. The van der Waals surface area contributed by atoms with E-state index in [9.17, 15) is 4.79 Å². The van der Waals surface area contributed by atoms with E-state index in [4.69, 9.17) is 0 Å². The number of benzene rings is 1. The molecule has 1 aromatic heterocycles. The first-order chi connectivity index (χ1) is 9.05. The quantitative estimate of drug-likeness (QED) is 0.833. The maximum Gasteiger partial charge on any atom is 0.270 e. The highest BCUT2D eigenvalue weighted by atomic mass is 16.2. The third kappa shape index (κ3) is 2.37. The van der Waals surface area contributed by atoms with E-state index < -0.39 is 0 Å². The molecule has 1 aromatic carbocycles. The molecule has 0 spiro atoms. The zero-order chi connectivity index (χ0) is 13.5. The van der Waals surface area contributed by atoms with Crippen LogP contribution >= 0.6 is 0 Å². The van der Waals surface area contributed by atoms with Crippen molar-refractivity contribution in [3.8, 4) is 0 Å². The van der Waals surface area contributed by atoms with Crippen LogP contribution in [0.15, 0.2) is 30.3 Å². The minimum absolute atomic E-state index is 0.129. The summed E-state index contributed by atoms with van der Waals surface area (Å²) < 4.78 is 0. The lowest BCUT2D eigenvalue weighted by Gasteiger charge is -2.37. The minimum Gasteiger partial charge on any atom is -0.351 e. The summed E-state index contributed by atoms with van der Waals surface area (Å²) in [4.78, 5) is 17.8. The van der Waals surface area contributed by atoms with Crippen LogP contribution in [-0.2, 0) is 0 Å². The molecule has 0 saturated carbocycles. The maximum atomic E-state index is 12.6. The number of nitrogens with one attached hydrogen (secondary N) is 1. The van der Waals surface area contributed by atoms with Crippen LogP contribution in [0.3, 0.4) is 0 Å². The van der Waals surface area contributed by atoms with Gasteiger partial charge in [-0.15, -0.1) is 0 Å². The molecule has 1 N–H and O–H groups in total. The highest BCUT2D eigenvalue weighted by molar-refractivity contribution is 5.98. The van der Waals surface area contributed by atoms with Crippen LogP contribution in [0.5, 0.6) is 0 Å². The van der Waals surface area contributed by atoms with Crippen molar-refractivity contribution in [3.63, 3.8) is 0 Å². The fourth-order valence-corrected chi connectivity index (χ4v) is 2.96. The van der Waals surface area contributed by atoms with Crippen molar-refractivity contribution < 1.29 is 4.79 Å². The molecule has 1 aliphatic rings. The molecule has 0 radical (unpaired) electrons. The van der Waals surface area contributed by atoms with E-state index in [1.165, 1.54) is 6.42 Å². The summed E-state index contributed by atoms with van der Waals surface area (Å²) in [5.74, 6) is 0.129. The van der Waals surface area contributed by atoms with Crippen LogP contribution in [-0.4, -0.2) is 28.9 Å². The molecule has 19 heavy (non-hydrogen) atoms. The Hall–Kier alpha value is -1.77. The van der Waals surface area contributed by atoms with Crippen molar-refractivity contribution in [2.45, 2.75) is 26.7 Å². The number of aromatic amines is 1. The Kier molecular flexibility index (Phi) is 2.85. The van der Waals surface area contributed by atoms with E-state index in [0.717, 1.165) is 30.4 Å². The van der Waals surface area contributed by atoms with Crippen LogP contribution in [0.1, 0.15) is 37.2 Å². The van der Waals surface area contributed by atoms with Crippen LogP contribution in [0, 0.1) is 5.41 Å². The average Bonchev–Trinajstić information content (AvgIpc) is 2.80. The Morgan fingerprint density at radius 2 is 2.11 bits per heavy atom. The number of amides is 1. The highest BCUT2D eigenvalue weighted by Gasteiger charge is 2.30. The normalized spacial score (nSPS) is 18.7. The first-order valence-corrected chi connectivity index (χ1v) is 6.92. The molecule has 1 saturated heterocycles. The number of aromatic nitrogens is 1. The van der Waals surface area contributed by atoms with Gasteiger partial charge in [-0.05, 0) is 30.4 Å². The number of carbonyl (C=O) groups is 1. The van der Waals surface area contributed by atoms with Gasteiger partial charge in [-0.1, -0.05) is 32.0 Å². The topological polar surface area (TPSA) is 36.1 Å². The summed E-state index contributed by atoms with van der Waals surface area (Å²) >= 11 is 0. The molecular weight excluding hydrogens is 236 g/mol. The SMILES string of the molecule is CC1(C)CCCN(C(=O)c2cc3ccccc3[nH]2)C1. The second-order valence-corrected chi connectivity index (χ2v) is 6.26. The minimum atomic E-state index is 0.129. The average molecular weight is 256 g/mol. The van der Waals surface area contributed by atoms with Crippen molar-refractivity contribution >= 4 is 16.8 Å². The van der Waals surface area contributed by atoms with Gasteiger partial charge in [0, 0.05) is 24.0 Å². The van der Waals surface area contributed by atoms with Crippen molar-refractivity contribution in [3.05, 3.63) is 36.0 Å². The summed E-state index contributed by atoms with van der Waals surface area (Å²) in [6, 6.07) is 9.97. The van der Waals surface area contributed by atoms with E-state index >= 15 is 0 Å². The monoisotopic (exact) mass is 256 g/mol. The summed E-state index contributed by atoms with van der Waals surface area (Å²) in [5.41, 5.74) is 1.97. The fraction of sp³-hybridized carbons (Fsp3) is 0.438. The van der Waals surface area contributed by atoms with Gasteiger partial charge in [-0.3, -0.25) is 4.79 Å². The molecule has 2 heterocycles. The molecule has 1 amide bonds. The second-order valence-electron chi connectivity index (χ2n) is 6.26. The van der Waals surface area contributed by atoms with E-state index in [1.807, 2.05) is 35.2 Å². The Morgan fingerprint density at radius 1 is 1.32 bits per heavy atom. The standard InChI is InChI=1S/C16H20N2O/c1-16(2)8-5-9-18(11-16)15(19)14-10-12-6-3-4-7-13(12)17-14/h3-4,6-7,10,17H,5,8-9,11H2,1-2H3. The number of likely N-dealkylation sites (tertiary alicyclic amines) is 1. The zero-order valence-electron chi connectivity index (χ0n) is 11.6. The van der Waals surface area contributed by atoms with Gasteiger partial charge in [0.05, 0.1) is 0 Å². The van der Waals surface area contributed by atoms with Gasteiger partial charge >= 0.3 is 0 Å². The number of hydrogen-bond acceptors (Lipinski definition) is 1. The van der Waals surface area contributed by atoms with E-state index in [-0.39, 0.29) is 11.3 Å². The summed E-state index contributed by atoms with van der Waals surface area (Å²) in [6.07, 6.45) is 2.29. The molecule has 3 nitrogen and oxygen atoms in total. The Labute approximate surface area is 113 Å². The summed E-state index contributed by atoms with van der Waals surface area (Å²) in [6.45, 7) is 6.19. The molecule has 0 aliphatic carbocycles. The number of nitrogens with zero attached hydrogens (tertiary/aromatic N) is 1. The van der Waals surface area contributed by atoms with Crippen molar-refractivity contribution in [2.75, 3.05) is 13.1 Å². The van der Waals surface area contributed by atoms with Crippen LogP contribution in [0.25, 0.3) is 10.9 Å². The first-order valence-electron chi connectivity index (χ1n) is 6.92. The first kappa shape index (κ1) is 12.3. The molecule has 3 heteroatoms. The lowest BCUT2D eigenvalue weighted by molar-refractivity contribution is 0.0578. The Bertz CT molecular complexity index is 579. The molecule has 1 fully saturated rings. The molecule has 2 aromatic rings. The molecule has 1 aliphatic heterocycles. The highest BCUT2D eigenvalue weighted by Crippen LogP contribution is 2.29. The number of hydrogen-bond donors (Lipinski definition) is 1. The molecule has 0 bridgehead atoms. The van der Waals surface area contributed by atoms with Crippen molar-refractivity contribution in [2.24, 2.45) is 5.41 Å². The molecule has 100 valence electrons. The van der Waals surface area contributed by atoms with E-state index in [0.29, 0.717) is 5.69 Å². The predicted octanol–water partition coefficient (Wildman–Crippen LogP) is 3.43. The van der Waals surface area contributed by atoms with Gasteiger partial charge in [-0.25, -0.2) is 0 Å². The van der Waals surface area contributed by atoms with Gasteiger partial charge in [-0.2, -0.15) is 0 Å². The number of rotatable bonds is 1. The van der Waals surface area contributed by atoms with Crippen molar-refractivity contribution in [1.29, 1.82) is 0 Å². The summed E-state index contributed by atoms with van der Waals surface area (Å²) in [5, 5.41) is 1.10. The Morgan fingerprint density at radius 3 is 2.84 bits per heavy atom. The van der Waals surface area contributed by atoms with Crippen molar-refractivity contribution in [1.82, 2.24) is 9.88 Å². The van der Waals surface area contributed by atoms with E-state index in [2.05, 4.69) is 18.8 Å². The van der Waals surface area contributed by atoms with Crippen LogP contribution in [0.2, 0.25) is 0 Å². The molecule has 0 atom stereocenters. The molecule has 3 rings (SSSR count). The fourth-order valence-electron chi connectivity index (χ4n) is 2.96.